The van der Waals surface area contributed by atoms with Gasteiger partial charge in [-0.15, -0.1) is 0 Å². The van der Waals surface area contributed by atoms with E-state index in [-0.39, 0.29) is 11.3 Å². The van der Waals surface area contributed by atoms with Crippen molar-refractivity contribution in [1.82, 2.24) is 9.88 Å². The highest BCUT2D eigenvalue weighted by molar-refractivity contribution is 6.01. The highest BCUT2D eigenvalue weighted by Crippen LogP contribution is 2.27. The number of non-ortho nitro benzene ring substituents is 1. The van der Waals surface area contributed by atoms with Crippen LogP contribution in [0.5, 0.6) is 0 Å². The van der Waals surface area contributed by atoms with Gasteiger partial charge in [-0.1, -0.05) is 30.3 Å². The number of nitro groups is 1. The van der Waals surface area contributed by atoms with Crippen LogP contribution in [0.2, 0.25) is 0 Å². The number of hydrogen-bond donors (Lipinski definition) is 1. The molecule has 3 aromatic rings. The molecule has 0 bridgehead atoms. The zero-order chi connectivity index (χ0) is 22.5. The van der Waals surface area contributed by atoms with E-state index in [1.165, 1.54) is 12.1 Å². The van der Waals surface area contributed by atoms with E-state index in [4.69, 9.17) is 0 Å². The molecular weight excluding hydrogens is 392 g/mol. The maximum Gasteiger partial charge on any atom is 0.269 e. The molecule has 1 heterocycles. The second-order valence-corrected chi connectivity index (χ2v) is 7.23. The molecule has 3 rings (SSSR count). The maximum atomic E-state index is 12.5. The van der Waals surface area contributed by atoms with Crippen molar-refractivity contribution in [2.45, 2.75) is 27.3 Å². The summed E-state index contributed by atoms with van der Waals surface area (Å²) in [7, 11) is 0. The average molecular weight is 414 g/mol. The largest absolute Gasteiger partial charge is 0.347 e. The number of amides is 1. The fraction of sp³-hybridized carbons (Fsp3) is 0.167. The minimum Gasteiger partial charge on any atom is -0.347 e. The van der Waals surface area contributed by atoms with E-state index in [0.29, 0.717) is 6.54 Å². The Kier molecular flexibility index (Phi) is 6.32. The lowest BCUT2D eigenvalue weighted by atomic mass is 10.1. The van der Waals surface area contributed by atoms with E-state index in [0.717, 1.165) is 33.8 Å². The third-order valence-electron chi connectivity index (χ3n) is 5.06. The van der Waals surface area contributed by atoms with Gasteiger partial charge in [0.1, 0.15) is 11.6 Å². The van der Waals surface area contributed by atoms with Crippen LogP contribution >= 0.6 is 0 Å². The third kappa shape index (κ3) is 4.70. The molecule has 1 N–H and O–H groups in total. The third-order valence-corrected chi connectivity index (χ3v) is 5.06. The Bertz CT molecular complexity index is 1220. The molecular formula is C24H22N4O3. The lowest BCUT2D eigenvalue weighted by molar-refractivity contribution is -0.384. The Morgan fingerprint density at radius 1 is 1.16 bits per heavy atom. The van der Waals surface area contributed by atoms with Gasteiger partial charge >= 0.3 is 0 Å². The summed E-state index contributed by atoms with van der Waals surface area (Å²) in [6, 6.07) is 18.0. The summed E-state index contributed by atoms with van der Waals surface area (Å²) in [5.41, 5.74) is 5.02. The first kappa shape index (κ1) is 21.5. The molecule has 0 unspecified atom stereocenters. The number of benzene rings is 2. The second-order valence-electron chi connectivity index (χ2n) is 7.23. The van der Waals surface area contributed by atoms with Crippen LogP contribution < -0.4 is 5.32 Å². The SMILES string of the molecule is Cc1cc([N+](=O)[O-])ccc1-n1c(C)cc(/C=C(\C#N)C(=O)NCc2ccccc2)c1C. The number of carbonyl (C=O) groups is 1. The monoisotopic (exact) mass is 414 g/mol. The Morgan fingerprint density at radius 3 is 2.48 bits per heavy atom. The fourth-order valence-electron chi connectivity index (χ4n) is 3.49. The van der Waals surface area contributed by atoms with Crippen molar-refractivity contribution >= 4 is 17.7 Å². The van der Waals surface area contributed by atoms with Crippen LogP contribution in [-0.4, -0.2) is 15.4 Å². The summed E-state index contributed by atoms with van der Waals surface area (Å²) in [5, 5.41) is 23.3. The molecule has 0 fully saturated rings. The summed E-state index contributed by atoms with van der Waals surface area (Å²) in [6.07, 6.45) is 1.57. The molecule has 2 aromatic carbocycles. The quantitative estimate of drug-likeness (QED) is 0.277. The van der Waals surface area contributed by atoms with E-state index in [2.05, 4.69) is 5.32 Å². The van der Waals surface area contributed by atoms with Crippen LogP contribution in [0.15, 0.2) is 60.2 Å². The van der Waals surface area contributed by atoms with E-state index in [1.807, 2.05) is 67.8 Å². The number of aromatic nitrogens is 1. The number of rotatable bonds is 6. The molecule has 0 atom stereocenters. The van der Waals surface area contributed by atoms with E-state index in [1.54, 1.807) is 12.1 Å². The van der Waals surface area contributed by atoms with Crippen LogP contribution in [0.25, 0.3) is 11.8 Å². The molecule has 7 nitrogen and oxygen atoms in total. The fourth-order valence-corrected chi connectivity index (χ4v) is 3.49. The molecule has 1 amide bonds. The van der Waals surface area contributed by atoms with Crippen molar-refractivity contribution in [2.24, 2.45) is 0 Å². The zero-order valence-electron chi connectivity index (χ0n) is 17.5. The lowest BCUT2D eigenvalue weighted by Gasteiger charge is -2.12. The highest BCUT2D eigenvalue weighted by atomic mass is 16.6. The smallest absolute Gasteiger partial charge is 0.269 e. The van der Waals surface area contributed by atoms with Gasteiger partial charge in [0.25, 0.3) is 11.6 Å². The predicted molar refractivity (Wildman–Crippen MR) is 119 cm³/mol. The Morgan fingerprint density at radius 2 is 1.87 bits per heavy atom. The molecule has 0 aliphatic heterocycles. The first-order chi connectivity index (χ1) is 14.8. The lowest BCUT2D eigenvalue weighted by Crippen LogP contribution is -2.23. The average Bonchev–Trinajstić information content (AvgIpc) is 3.03. The zero-order valence-corrected chi connectivity index (χ0v) is 17.5. The highest BCUT2D eigenvalue weighted by Gasteiger charge is 2.16. The van der Waals surface area contributed by atoms with Crippen molar-refractivity contribution in [2.75, 3.05) is 0 Å². The van der Waals surface area contributed by atoms with Gasteiger partial charge in [0.15, 0.2) is 0 Å². The van der Waals surface area contributed by atoms with E-state index >= 15 is 0 Å². The van der Waals surface area contributed by atoms with E-state index < -0.39 is 10.8 Å². The van der Waals surface area contributed by atoms with Crippen molar-refractivity contribution in [3.05, 3.63) is 98.4 Å². The molecule has 0 saturated heterocycles. The molecule has 0 aliphatic carbocycles. The van der Waals surface area contributed by atoms with Gasteiger partial charge in [-0.05, 0) is 55.7 Å². The molecule has 0 aliphatic rings. The van der Waals surface area contributed by atoms with Gasteiger partial charge in [-0.2, -0.15) is 5.26 Å². The number of nitrogens with zero attached hydrogens (tertiary/aromatic N) is 3. The van der Waals surface area contributed by atoms with Crippen LogP contribution in [0.3, 0.4) is 0 Å². The van der Waals surface area contributed by atoms with Crippen molar-refractivity contribution < 1.29 is 9.72 Å². The number of nitriles is 1. The van der Waals surface area contributed by atoms with E-state index in [9.17, 15) is 20.2 Å². The minimum absolute atomic E-state index is 0.0107. The number of carbonyl (C=O) groups excluding carboxylic acids is 1. The van der Waals surface area contributed by atoms with Gasteiger partial charge in [0.2, 0.25) is 0 Å². The molecule has 0 spiro atoms. The predicted octanol–water partition coefficient (Wildman–Crippen LogP) is 4.53. The molecule has 0 radical (unpaired) electrons. The van der Waals surface area contributed by atoms with Crippen molar-refractivity contribution in [3.8, 4) is 11.8 Å². The van der Waals surface area contributed by atoms with Crippen LogP contribution in [-0.2, 0) is 11.3 Å². The molecule has 7 heteroatoms. The molecule has 1 aromatic heterocycles. The topological polar surface area (TPSA) is 101 Å². The number of nitrogens with one attached hydrogen (secondary N) is 1. The standard InChI is InChI=1S/C24H22N4O3/c1-16-11-22(28(30)31)9-10-23(16)27-17(2)12-20(18(27)3)13-21(14-25)24(29)26-15-19-7-5-4-6-8-19/h4-13H,15H2,1-3H3,(H,26,29)/b21-13+. The van der Waals surface area contributed by atoms with Gasteiger partial charge < -0.3 is 9.88 Å². The maximum absolute atomic E-state index is 12.5. The summed E-state index contributed by atoms with van der Waals surface area (Å²) in [5.74, 6) is -0.442. The van der Waals surface area contributed by atoms with Crippen molar-refractivity contribution in [3.63, 3.8) is 0 Å². The molecule has 0 saturated carbocycles. The number of nitro benzene ring substituents is 1. The summed E-state index contributed by atoms with van der Waals surface area (Å²) in [4.78, 5) is 23.1. The summed E-state index contributed by atoms with van der Waals surface area (Å²) >= 11 is 0. The van der Waals surface area contributed by atoms with Crippen molar-refractivity contribution in [1.29, 1.82) is 5.26 Å². The minimum atomic E-state index is -0.442. The Labute approximate surface area is 180 Å². The molecule has 156 valence electrons. The van der Waals surface area contributed by atoms with Gasteiger partial charge in [0, 0.05) is 35.8 Å². The van der Waals surface area contributed by atoms with Crippen LogP contribution in [0.4, 0.5) is 5.69 Å². The number of hydrogen-bond acceptors (Lipinski definition) is 4. The first-order valence-electron chi connectivity index (χ1n) is 9.70. The second kappa shape index (κ2) is 9.09. The van der Waals surface area contributed by atoms with Gasteiger partial charge in [0.05, 0.1) is 4.92 Å². The summed E-state index contributed by atoms with van der Waals surface area (Å²) < 4.78 is 1.96. The normalized spacial score (nSPS) is 11.1. The summed E-state index contributed by atoms with van der Waals surface area (Å²) in [6.45, 7) is 5.94. The van der Waals surface area contributed by atoms with Gasteiger partial charge in [-0.3, -0.25) is 14.9 Å². The number of aryl methyl sites for hydroxylation is 2. The van der Waals surface area contributed by atoms with Crippen LogP contribution in [0, 0.1) is 42.2 Å². The Hall–Kier alpha value is -4.18. The van der Waals surface area contributed by atoms with Gasteiger partial charge in [-0.25, -0.2) is 0 Å². The molecule has 31 heavy (non-hydrogen) atoms. The Balaban J connectivity index is 1.89. The first-order valence-corrected chi connectivity index (χ1v) is 9.70. The van der Waals surface area contributed by atoms with Crippen LogP contribution in [0.1, 0.15) is 28.1 Å².